The van der Waals surface area contributed by atoms with E-state index in [4.69, 9.17) is 0 Å². The molecule has 1 aliphatic carbocycles. The Morgan fingerprint density at radius 2 is 1.81 bits per heavy atom. The van der Waals surface area contributed by atoms with Gasteiger partial charge in [0.15, 0.2) is 0 Å². The Labute approximate surface area is 257 Å². The van der Waals surface area contributed by atoms with Crippen molar-refractivity contribution < 1.29 is 4.79 Å². The molecular formula is C38H48N4O. The van der Waals surface area contributed by atoms with Crippen molar-refractivity contribution in [2.45, 2.75) is 90.5 Å². The van der Waals surface area contributed by atoms with Crippen molar-refractivity contribution in [3.8, 4) is 11.3 Å². The predicted molar refractivity (Wildman–Crippen MR) is 178 cm³/mol. The molecule has 2 aromatic heterocycles. The Balaban J connectivity index is 1.25. The van der Waals surface area contributed by atoms with E-state index in [1.54, 1.807) is 0 Å². The Morgan fingerprint density at radius 1 is 1.05 bits per heavy atom. The molecule has 0 radical (unpaired) electrons. The number of nitrogens with one attached hydrogen (secondary N) is 2. The van der Waals surface area contributed by atoms with Gasteiger partial charge in [-0.2, -0.15) is 0 Å². The van der Waals surface area contributed by atoms with Crippen LogP contribution in [0.15, 0.2) is 60.9 Å². The van der Waals surface area contributed by atoms with E-state index in [9.17, 15) is 4.79 Å². The van der Waals surface area contributed by atoms with Crippen molar-refractivity contribution in [2.24, 2.45) is 5.92 Å². The maximum absolute atomic E-state index is 13.9. The SMILES string of the molecule is Cc1cc(C)cc(-c2[nH]c3ccc(C(C)(C)C(=O)N4C[C@@H]5CC[C@H]4C5)cc3c2[C@H](C)CNCCCCc2ccncc2)c1. The first-order chi connectivity index (χ1) is 20.7. The van der Waals surface area contributed by atoms with Crippen LogP contribution in [0.4, 0.5) is 0 Å². The molecule has 2 bridgehead atoms. The molecule has 2 N–H and O–H groups in total. The lowest BCUT2D eigenvalue weighted by Gasteiger charge is -2.35. The van der Waals surface area contributed by atoms with Crippen LogP contribution < -0.4 is 5.32 Å². The number of carbonyl (C=O) groups excluding carboxylic acids is 1. The summed E-state index contributed by atoms with van der Waals surface area (Å²) < 4.78 is 0. The van der Waals surface area contributed by atoms with Gasteiger partial charge in [-0.25, -0.2) is 0 Å². The molecule has 2 aromatic carbocycles. The third-order valence-corrected chi connectivity index (χ3v) is 10.0. The average Bonchev–Trinajstić information content (AvgIpc) is 3.73. The zero-order valence-electron chi connectivity index (χ0n) is 26.7. The topological polar surface area (TPSA) is 61.0 Å². The van der Waals surface area contributed by atoms with Gasteiger partial charge in [-0.15, -0.1) is 0 Å². The van der Waals surface area contributed by atoms with Gasteiger partial charge in [0.1, 0.15) is 0 Å². The first-order valence-electron chi connectivity index (χ1n) is 16.4. The van der Waals surface area contributed by atoms with Crippen molar-refractivity contribution in [1.29, 1.82) is 0 Å². The normalized spacial score (nSPS) is 19.0. The number of hydrogen-bond donors (Lipinski definition) is 2. The number of aryl methyl sites for hydroxylation is 3. The highest BCUT2D eigenvalue weighted by molar-refractivity contribution is 5.94. The summed E-state index contributed by atoms with van der Waals surface area (Å²) in [6, 6.07) is 18.2. The monoisotopic (exact) mass is 576 g/mol. The fourth-order valence-electron chi connectivity index (χ4n) is 7.67. The van der Waals surface area contributed by atoms with Gasteiger partial charge in [0.25, 0.3) is 0 Å². The summed E-state index contributed by atoms with van der Waals surface area (Å²) >= 11 is 0. The van der Waals surface area contributed by atoms with Crippen LogP contribution in [-0.2, 0) is 16.6 Å². The highest BCUT2D eigenvalue weighted by atomic mass is 16.2. The van der Waals surface area contributed by atoms with E-state index in [2.05, 4.69) is 103 Å². The van der Waals surface area contributed by atoms with E-state index >= 15 is 0 Å². The minimum absolute atomic E-state index is 0.284. The van der Waals surface area contributed by atoms with Crippen LogP contribution in [0.2, 0.25) is 0 Å². The second-order valence-corrected chi connectivity index (χ2v) is 13.9. The molecule has 1 saturated carbocycles. The second kappa shape index (κ2) is 12.3. The zero-order chi connectivity index (χ0) is 30.1. The summed E-state index contributed by atoms with van der Waals surface area (Å²) in [5.41, 5.74) is 9.36. The molecule has 1 aliphatic heterocycles. The van der Waals surface area contributed by atoms with Gasteiger partial charge in [0.2, 0.25) is 5.91 Å². The van der Waals surface area contributed by atoms with Crippen LogP contribution in [0, 0.1) is 19.8 Å². The lowest BCUT2D eigenvalue weighted by molar-refractivity contribution is -0.138. The number of piperidine rings is 1. The minimum Gasteiger partial charge on any atom is -0.354 e. The third-order valence-electron chi connectivity index (χ3n) is 10.0. The number of aromatic amines is 1. The van der Waals surface area contributed by atoms with E-state index in [1.165, 1.54) is 58.2 Å². The molecule has 3 heterocycles. The van der Waals surface area contributed by atoms with Gasteiger partial charge in [-0.3, -0.25) is 9.78 Å². The zero-order valence-corrected chi connectivity index (χ0v) is 26.7. The number of aromatic nitrogens is 2. The summed E-state index contributed by atoms with van der Waals surface area (Å²) in [6.45, 7) is 13.8. The maximum atomic E-state index is 13.9. The smallest absolute Gasteiger partial charge is 0.232 e. The van der Waals surface area contributed by atoms with Gasteiger partial charge in [0.05, 0.1) is 11.1 Å². The quantitative estimate of drug-likeness (QED) is 0.179. The molecule has 3 atom stereocenters. The molecule has 5 heteroatoms. The van der Waals surface area contributed by atoms with Gasteiger partial charge in [-0.1, -0.05) is 30.2 Å². The van der Waals surface area contributed by atoms with Crippen LogP contribution in [0.3, 0.4) is 0 Å². The van der Waals surface area contributed by atoms with Crippen LogP contribution in [-0.4, -0.2) is 46.5 Å². The number of carbonyl (C=O) groups is 1. The number of amides is 1. The summed E-state index contributed by atoms with van der Waals surface area (Å²) in [4.78, 5) is 24.1. The fraction of sp³-hybridized carbons (Fsp3) is 0.474. The highest BCUT2D eigenvalue weighted by Crippen LogP contribution is 2.42. The molecule has 6 rings (SSSR count). The molecule has 43 heavy (non-hydrogen) atoms. The number of likely N-dealkylation sites (tertiary alicyclic amines) is 1. The summed E-state index contributed by atoms with van der Waals surface area (Å²) in [5, 5.41) is 4.99. The Morgan fingerprint density at radius 3 is 2.51 bits per heavy atom. The Bertz CT molecular complexity index is 1570. The van der Waals surface area contributed by atoms with Gasteiger partial charge in [-0.05, 0) is 143 Å². The summed E-state index contributed by atoms with van der Waals surface area (Å²) in [6.07, 6.45) is 10.8. The molecule has 2 fully saturated rings. The molecule has 5 nitrogen and oxygen atoms in total. The molecule has 0 spiro atoms. The minimum atomic E-state index is -0.566. The summed E-state index contributed by atoms with van der Waals surface area (Å²) in [7, 11) is 0. The largest absolute Gasteiger partial charge is 0.354 e. The Hall–Kier alpha value is -3.44. The first kappa shape index (κ1) is 29.6. The van der Waals surface area contributed by atoms with Crippen molar-refractivity contribution in [3.05, 3.63) is 88.7 Å². The van der Waals surface area contributed by atoms with Crippen LogP contribution in [0.5, 0.6) is 0 Å². The van der Waals surface area contributed by atoms with Gasteiger partial charge >= 0.3 is 0 Å². The van der Waals surface area contributed by atoms with Crippen molar-refractivity contribution >= 4 is 16.8 Å². The molecule has 1 amide bonds. The fourth-order valence-corrected chi connectivity index (χ4v) is 7.67. The third kappa shape index (κ3) is 6.15. The van der Waals surface area contributed by atoms with E-state index in [1.807, 2.05) is 12.4 Å². The van der Waals surface area contributed by atoms with E-state index in [0.717, 1.165) is 50.0 Å². The first-order valence-corrected chi connectivity index (χ1v) is 16.4. The standard InChI is InChI=1S/C38H48N4O/c1-25-18-26(2)20-30(19-25)36-35(27(3)23-40-15-7-6-8-28-13-16-39-17-14-28)33-22-31(10-12-34(33)41-36)38(4,5)37(43)42-24-29-9-11-32(42)21-29/h10,12-14,16-20,22,27,29,32,40-41H,6-9,11,15,21,23-24H2,1-5H3/t27-,29-,32+/m1/s1. The van der Waals surface area contributed by atoms with Crippen molar-refractivity contribution in [1.82, 2.24) is 20.2 Å². The van der Waals surface area contributed by atoms with Crippen LogP contribution in [0.1, 0.15) is 86.6 Å². The Kier molecular flexibility index (Phi) is 8.46. The van der Waals surface area contributed by atoms with E-state index < -0.39 is 5.41 Å². The molecule has 1 saturated heterocycles. The molecule has 0 unspecified atom stereocenters. The number of nitrogens with zero attached hydrogens (tertiary/aromatic N) is 2. The molecule has 2 aliphatic rings. The van der Waals surface area contributed by atoms with Gasteiger partial charge < -0.3 is 15.2 Å². The van der Waals surface area contributed by atoms with Gasteiger partial charge in [0, 0.05) is 42.4 Å². The number of H-pyrrole nitrogens is 1. The number of pyridine rings is 1. The van der Waals surface area contributed by atoms with E-state index in [0.29, 0.717) is 17.9 Å². The van der Waals surface area contributed by atoms with Crippen molar-refractivity contribution in [3.63, 3.8) is 0 Å². The van der Waals surface area contributed by atoms with Crippen LogP contribution >= 0.6 is 0 Å². The average molecular weight is 577 g/mol. The lowest BCUT2D eigenvalue weighted by atomic mass is 9.81. The highest BCUT2D eigenvalue weighted by Gasteiger charge is 2.45. The molecule has 226 valence electrons. The lowest BCUT2D eigenvalue weighted by Crippen LogP contribution is -2.47. The molecular weight excluding hydrogens is 528 g/mol. The second-order valence-electron chi connectivity index (χ2n) is 13.9. The number of benzene rings is 2. The number of rotatable bonds is 11. The number of fused-ring (bicyclic) bond motifs is 3. The summed E-state index contributed by atoms with van der Waals surface area (Å²) in [5.74, 6) is 1.29. The predicted octanol–water partition coefficient (Wildman–Crippen LogP) is 7.85. The van der Waals surface area contributed by atoms with Crippen LogP contribution in [0.25, 0.3) is 22.2 Å². The number of hydrogen-bond acceptors (Lipinski definition) is 3. The molecule has 4 aromatic rings. The number of unbranched alkanes of at least 4 members (excludes halogenated alkanes) is 1. The maximum Gasteiger partial charge on any atom is 0.232 e. The van der Waals surface area contributed by atoms with Crippen molar-refractivity contribution in [2.75, 3.05) is 19.6 Å². The van der Waals surface area contributed by atoms with E-state index in [-0.39, 0.29) is 5.91 Å².